The van der Waals surface area contributed by atoms with Crippen LogP contribution in [-0.2, 0) is 24.3 Å². The van der Waals surface area contributed by atoms with Crippen molar-refractivity contribution < 1.29 is 27.3 Å². The van der Waals surface area contributed by atoms with Crippen LogP contribution in [0.4, 0.5) is 5.69 Å². The van der Waals surface area contributed by atoms with Crippen LogP contribution >= 0.6 is 0 Å². The minimum absolute atomic E-state index is 0.111. The fourth-order valence-corrected chi connectivity index (χ4v) is 4.27. The van der Waals surface area contributed by atoms with Crippen molar-refractivity contribution in [1.29, 1.82) is 0 Å². The minimum Gasteiger partial charge on any atom is -0.452 e. The quantitative estimate of drug-likeness (QED) is 0.653. The van der Waals surface area contributed by atoms with E-state index in [1.165, 1.54) is 20.8 Å². The normalized spacial score (nSPS) is 12.5. The van der Waals surface area contributed by atoms with Crippen LogP contribution in [0.3, 0.4) is 0 Å². The molecule has 1 heterocycles. The van der Waals surface area contributed by atoms with E-state index in [1.807, 2.05) is 32.9 Å². The molecule has 1 amide bonds. The first-order valence-corrected chi connectivity index (χ1v) is 10.4. The Morgan fingerprint density at radius 1 is 1.14 bits per heavy atom. The third-order valence-corrected chi connectivity index (χ3v) is 5.89. The molecule has 2 rings (SSSR count). The van der Waals surface area contributed by atoms with Gasteiger partial charge in [-0.2, -0.15) is 4.72 Å². The summed E-state index contributed by atoms with van der Waals surface area (Å²) in [6.45, 7) is 9.41. The molecule has 1 aromatic carbocycles. The number of hydrogen-bond acceptors (Lipinski definition) is 7. The van der Waals surface area contributed by atoms with E-state index in [0.29, 0.717) is 5.69 Å². The van der Waals surface area contributed by atoms with E-state index >= 15 is 0 Å². The minimum atomic E-state index is -4.00. The molecule has 0 saturated heterocycles. The van der Waals surface area contributed by atoms with Crippen molar-refractivity contribution in [1.82, 2.24) is 9.88 Å². The molecule has 1 aromatic heterocycles. The maximum absolute atomic E-state index is 12.4. The highest BCUT2D eigenvalue weighted by atomic mass is 32.2. The highest BCUT2D eigenvalue weighted by molar-refractivity contribution is 7.89. The monoisotopic (exact) mass is 423 g/mol. The molecule has 2 N–H and O–H groups in total. The number of benzene rings is 1. The molecule has 0 aliphatic carbocycles. The SMILES string of the molecule is Cc1cc(C)c(NC(=O)[C@H](C)OC(=O)CNS(=O)(=O)c2c(C)noc2C)c(C)c1. The lowest BCUT2D eigenvalue weighted by Gasteiger charge is -2.17. The largest absolute Gasteiger partial charge is 0.452 e. The number of nitrogens with one attached hydrogen (secondary N) is 2. The van der Waals surface area contributed by atoms with Crippen LogP contribution in [-0.4, -0.2) is 38.1 Å². The molecule has 1 atom stereocenters. The molecule has 0 aliphatic heterocycles. The smallest absolute Gasteiger partial charge is 0.321 e. The highest BCUT2D eigenvalue weighted by Crippen LogP contribution is 2.22. The lowest BCUT2D eigenvalue weighted by molar-refractivity contribution is -0.151. The molecule has 0 saturated carbocycles. The molecule has 0 aliphatic rings. The van der Waals surface area contributed by atoms with E-state index in [9.17, 15) is 18.0 Å². The zero-order valence-corrected chi connectivity index (χ0v) is 18.1. The lowest BCUT2D eigenvalue weighted by Crippen LogP contribution is -2.36. The molecule has 9 nitrogen and oxygen atoms in total. The van der Waals surface area contributed by atoms with Crippen LogP contribution in [0.1, 0.15) is 35.1 Å². The number of amides is 1. The zero-order chi connectivity index (χ0) is 21.9. The molecular formula is C19H25N3O6S. The molecule has 0 unspecified atom stereocenters. The molecule has 2 aromatic rings. The van der Waals surface area contributed by atoms with Gasteiger partial charge >= 0.3 is 5.97 Å². The highest BCUT2D eigenvalue weighted by Gasteiger charge is 2.26. The molecule has 158 valence electrons. The van der Waals surface area contributed by atoms with Crippen LogP contribution in [0.25, 0.3) is 0 Å². The predicted molar refractivity (Wildman–Crippen MR) is 106 cm³/mol. The Morgan fingerprint density at radius 2 is 1.72 bits per heavy atom. The summed E-state index contributed by atoms with van der Waals surface area (Å²) in [5.41, 5.74) is 3.69. The molecule has 0 spiro atoms. The molecular weight excluding hydrogens is 398 g/mol. The van der Waals surface area contributed by atoms with Crippen molar-refractivity contribution in [3.63, 3.8) is 0 Å². The Hall–Kier alpha value is -2.72. The molecule has 29 heavy (non-hydrogen) atoms. The second-order valence-electron chi connectivity index (χ2n) is 6.87. The Labute approximate surface area is 169 Å². The number of ether oxygens (including phenoxy) is 1. The van der Waals surface area contributed by atoms with Gasteiger partial charge in [-0.1, -0.05) is 22.9 Å². The van der Waals surface area contributed by atoms with Gasteiger partial charge in [-0.3, -0.25) is 9.59 Å². The summed E-state index contributed by atoms with van der Waals surface area (Å²) in [6, 6.07) is 3.87. The summed E-state index contributed by atoms with van der Waals surface area (Å²) in [5.74, 6) is -1.29. The van der Waals surface area contributed by atoms with Crippen molar-refractivity contribution >= 4 is 27.6 Å². The van der Waals surface area contributed by atoms with Crippen molar-refractivity contribution in [2.75, 3.05) is 11.9 Å². The van der Waals surface area contributed by atoms with E-state index in [-0.39, 0.29) is 16.3 Å². The number of rotatable bonds is 7. The first-order valence-electron chi connectivity index (χ1n) is 8.93. The Kier molecular flexibility index (Phi) is 6.81. The Morgan fingerprint density at radius 3 is 2.24 bits per heavy atom. The van der Waals surface area contributed by atoms with E-state index in [2.05, 4.69) is 15.2 Å². The van der Waals surface area contributed by atoms with Crippen molar-refractivity contribution in [3.05, 3.63) is 40.3 Å². The maximum atomic E-state index is 12.4. The third kappa shape index (κ3) is 5.42. The van der Waals surface area contributed by atoms with Crippen LogP contribution < -0.4 is 10.0 Å². The van der Waals surface area contributed by atoms with Gasteiger partial charge in [-0.15, -0.1) is 0 Å². The molecule has 10 heteroatoms. The van der Waals surface area contributed by atoms with Gasteiger partial charge in [0.1, 0.15) is 17.1 Å². The summed E-state index contributed by atoms with van der Waals surface area (Å²) < 4.78 is 36.6. The first-order chi connectivity index (χ1) is 13.4. The van der Waals surface area contributed by atoms with Crippen LogP contribution in [0, 0.1) is 34.6 Å². The van der Waals surface area contributed by atoms with Crippen LogP contribution in [0.2, 0.25) is 0 Å². The number of aromatic nitrogens is 1. The molecule has 0 bridgehead atoms. The summed E-state index contributed by atoms with van der Waals surface area (Å²) in [7, 11) is -4.00. The number of nitrogens with zero attached hydrogens (tertiary/aromatic N) is 1. The molecule has 0 fully saturated rings. The summed E-state index contributed by atoms with van der Waals surface area (Å²) >= 11 is 0. The Bertz CT molecular complexity index is 1000. The summed E-state index contributed by atoms with van der Waals surface area (Å²) in [6.07, 6.45) is -1.11. The zero-order valence-electron chi connectivity index (χ0n) is 17.2. The van der Waals surface area contributed by atoms with E-state index in [1.54, 1.807) is 0 Å². The second kappa shape index (κ2) is 8.75. The summed E-state index contributed by atoms with van der Waals surface area (Å²) in [4.78, 5) is 24.2. The average Bonchev–Trinajstić information content (AvgIpc) is 2.95. The van der Waals surface area contributed by atoms with Crippen LogP contribution in [0.5, 0.6) is 0 Å². The predicted octanol–water partition coefficient (Wildman–Crippen LogP) is 2.07. The van der Waals surface area contributed by atoms with Crippen molar-refractivity contribution in [3.8, 4) is 0 Å². The van der Waals surface area contributed by atoms with E-state index in [4.69, 9.17) is 9.26 Å². The van der Waals surface area contributed by atoms with E-state index in [0.717, 1.165) is 16.7 Å². The number of sulfonamides is 1. The summed E-state index contributed by atoms with van der Waals surface area (Å²) in [5, 5.41) is 6.32. The van der Waals surface area contributed by atoms with Gasteiger partial charge in [-0.25, -0.2) is 8.42 Å². The van der Waals surface area contributed by atoms with Crippen molar-refractivity contribution in [2.45, 2.75) is 52.5 Å². The van der Waals surface area contributed by atoms with Gasteiger partial charge in [0, 0.05) is 5.69 Å². The number of hydrogen-bond donors (Lipinski definition) is 2. The average molecular weight is 423 g/mol. The third-order valence-electron chi connectivity index (χ3n) is 4.25. The topological polar surface area (TPSA) is 128 Å². The van der Waals surface area contributed by atoms with Gasteiger partial charge in [0.2, 0.25) is 10.0 Å². The van der Waals surface area contributed by atoms with Gasteiger partial charge in [-0.05, 0) is 52.7 Å². The Balaban J connectivity index is 1.96. The fraction of sp³-hybridized carbons (Fsp3) is 0.421. The maximum Gasteiger partial charge on any atom is 0.321 e. The lowest BCUT2D eigenvalue weighted by atomic mass is 10.0. The van der Waals surface area contributed by atoms with Crippen LogP contribution in [0.15, 0.2) is 21.6 Å². The standard InChI is InChI=1S/C19H25N3O6S/c1-10-7-11(2)17(12(3)8-10)21-19(24)15(6)27-16(23)9-20-29(25,26)18-13(4)22-28-14(18)5/h7-8,15,20H,9H2,1-6H3,(H,21,24)/t15-/m0/s1. The number of esters is 1. The molecule has 0 radical (unpaired) electrons. The fourth-order valence-electron chi connectivity index (χ4n) is 2.98. The second-order valence-corrected chi connectivity index (χ2v) is 8.58. The number of carbonyl (C=O) groups is 2. The number of aryl methyl sites for hydroxylation is 5. The number of carbonyl (C=O) groups excluding carboxylic acids is 2. The van der Waals surface area contributed by atoms with Gasteiger partial charge in [0.15, 0.2) is 11.9 Å². The van der Waals surface area contributed by atoms with Gasteiger partial charge in [0.05, 0.1) is 0 Å². The number of anilines is 1. The van der Waals surface area contributed by atoms with Crippen molar-refractivity contribution in [2.24, 2.45) is 0 Å². The van der Waals surface area contributed by atoms with E-state index < -0.39 is 34.5 Å². The van der Waals surface area contributed by atoms with Gasteiger partial charge < -0.3 is 14.6 Å². The first kappa shape index (κ1) is 22.6. The van der Waals surface area contributed by atoms with Gasteiger partial charge in [0.25, 0.3) is 5.91 Å².